The number of carbonyl (C=O) groups is 2. The Labute approximate surface area is 187 Å². The van der Waals surface area contributed by atoms with Gasteiger partial charge in [0.2, 0.25) is 5.91 Å². The van der Waals surface area contributed by atoms with Crippen molar-refractivity contribution >= 4 is 39.9 Å². The molecule has 1 aliphatic heterocycles. The normalized spacial score (nSPS) is 15.7. The molecule has 1 atom stereocenters. The molecule has 4 rings (SSSR count). The van der Waals surface area contributed by atoms with Crippen molar-refractivity contribution in [3.63, 3.8) is 0 Å². The fourth-order valence-corrected chi connectivity index (χ4v) is 4.48. The molecule has 0 spiro atoms. The summed E-state index contributed by atoms with van der Waals surface area (Å²) in [7, 11) is 1.48. The van der Waals surface area contributed by atoms with E-state index in [1.165, 1.54) is 35.5 Å². The average molecular weight is 460 g/mol. The van der Waals surface area contributed by atoms with E-state index in [0.717, 1.165) is 0 Å². The quantitative estimate of drug-likeness (QED) is 0.591. The topological polar surface area (TPSA) is 71.5 Å². The average Bonchev–Trinajstić information content (AvgIpc) is 3.43. The lowest BCUT2D eigenvalue weighted by molar-refractivity contribution is -0.119. The number of halogens is 2. The Hall–Kier alpha value is -2.97. The summed E-state index contributed by atoms with van der Waals surface area (Å²) in [6.45, 7) is 0.457. The summed E-state index contributed by atoms with van der Waals surface area (Å²) in [5, 5.41) is 5.34. The highest BCUT2D eigenvalue weighted by atomic mass is 35.5. The van der Waals surface area contributed by atoms with Gasteiger partial charge in [0, 0.05) is 22.5 Å². The third kappa shape index (κ3) is 4.55. The van der Waals surface area contributed by atoms with Crippen molar-refractivity contribution < 1.29 is 18.7 Å². The molecule has 1 N–H and O–H groups in total. The molecule has 160 valence electrons. The lowest BCUT2D eigenvalue weighted by Gasteiger charge is -2.24. The van der Waals surface area contributed by atoms with Crippen LogP contribution in [0.15, 0.2) is 47.8 Å². The molecule has 0 radical (unpaired) electrons. The largest absolute Gasteiger partial charge is 0.496 e. The van der Waals surface area contributed by atoms with E-state index >= 15 is 0 Å². The van der Waals surface area contributed by atoms with E-state index in [4.69, 9.17) is 16.3 Å². The summed E-state index contributed by atoms with van der Waals surface area (Å²) in [4.78, 5) is 32.0. The number of nitrogens with one attached hydrogen (secondary N) is 1. The van der Waals surface area contributed by atoms with Crippen LogP contribution in [0.2, 0.25) is 5.02 Å². The Balaban J connectivity index is 1.50. The minimum absolute atomic E-state index is 0.309. The van der Waals surface area contributed by atoms with Crippen LogP contribution in [0.3, 0.4) is 0 Å². The van der Waals surface area contributed by atoms with Crippen molar-refractivity contribution in [1.82, 2.24) is 9.88 Å². The number of ether oxygens (including phenoxy) is 1. The van der Waals surface area contributed by atoms with E-state index in [0.29, 0.717) is 52.1 Å². The van der Waals surface area contributed by atoms with E-state index in [1.807, 2.05) is 0 Å². The Morgan fingerprint density at radius 1 is 1.29 bits per heavy atom. The number of anilines is 1. The fourth-order valence-electron chi connectivity index (χ4n) is 3.58. The molecule has 1 unspecified atom stereocenters. The Bertz CT molecular complexity index is 1140. The third-order valence-electron chi connectivity index (χ3n) is 5.06. The molecular formula is C22H19ClFN3O3S. The predicted molar refractivity (Wildman–Crippen MR) is 118 cm³/mol. The van der Waals surface area contributed by atoms with Gasteiger partial charge < -0.3 is 15.0 Å². The molecule has 0 aliphatic carbocycles. The molecule has 1 aliphatic rings. The van der Waals surface area contributed by atoms with Crippen LogP contribution in [-0.4, -0.2) is 41.4 Å². The van der Waals surface area contributed by atoms with Crippen molar-refractivity contribution in [2.24, 2.45) is 0 Å². The van der Waals surface area contributed by atoms with Gasteiger partial charge >= 0.3 is 0 Å². The van der Waals surface area contributed by atoms with Crippen molar-refractivity contribution in [1.29, 1.82) is 0 Å². The molecule has 2 amide bonds. The number of thiazole rings is 1. The molecule has 0 bridgehead atoms. The number of rotatable bonds is 5. The van der Waals surface area contributed by atoms with Crippen LogP contribution in [0.25, 0.3) is 11.3 Å². The van der Waals surface area contributed by atoms with Gasteiger partial charge in [0.15, 0.2) is 5.13 Å². The van der Waals surface area contributed by atoms with Gasteiger partial charge in [-0.05, 0) is 43.2 Å². The van der Waals surface area contributed by atoms with Crippen molar-refractivity contribution in [2.45, 2.75) is 18.9 Å². The van der Waals surface area contributed by atoms with Gasteiger partial charge in [0.05, 0.1) is 18.4 Å². The second kappa shape index (κ2) is 9.03. The lowest BCUT2D eigenvalue weighted by Crippen LogP contribution is -2.43. The maximum atomic E-state index is 13.5. The highest BCUT2D eigenvalue weighted by Gasteiger charge is 2.36. The second-order valence-corrected chi connectivity index (χ2v) is 8.33. The first-order valence-corrected chi connectivity index (χ1v) is 10.9. The minimum atomic E-state index is -0.627. The number of nitrogens with zero attached hydrogens (tertiary/aromatic N) is 2. The van der Waals surface area contributed by atoms with Gasteiger partial charge in [-0.2, -0.15) is 0 Å². The molecule has 1 aromatic heterocycles. The van der Waals surface area contributed by atoms with E-state index in [9.17, 15) is 14.0 Å². The van der Waals surface area contributed by atoms with Crippen LogP contribution < -0.4 is 10.1 Å². The Kier molecular flexibility index (Phi) is 6.20. The molecule has 9 heteroatoms. The van der Waals surface area contributed by atoms with Gasteiger partial charge in [-0.3, -0.25) is 9.59 Å². The Morgan fingerprint density at radius 3 is 2.90 bits per heavy atom. The molecule has 2 aromatic carbocycles. The molecule has 1 fully saturated rings. The van der Waals surface area contributed by atoms with Gasteiger partial charge in [-0.1, -0.05) is 23.7 Å². The van der Waals surface area contributed by atoms with Crippen LogP contribution in [0.4, 0.5) is 9.52 Å². The molecular weight excluding hydrogens is 441 g/mol. The first-order valence-electron chi connectivity index (χ1n) is 9.63. The number of benzene rings is 2. The van der Waals surface area contributed by atoms with Crippen molar-refractivity contribution in [2.75, 3.05) is 19.0 Å². The third-order valence-corrected chi connectivity index (χ3v) is 6.06. The SMILES string of the molecule is COc1ccc(Cl)cc1C(=O)N1CCCC1C(=O)Nc1nc(-c2cccc(F)c2)cs1. The number of hydrogen-bond acceptors (Lipinski definition) is 5. The summed E-state index contributed by atoms with van der Waals surface area (Å²) in [6.07, 6.45) is 1.25. The number of aromatic nitrogens is 1. The van der Waals surface area contributed by atoms with Gasteiger partial charge in [-0.15, -0.1) is 11.3 Å². The highest BCUT2D eigenvalue weighted by Crippen LogP contribution is 2.29. The minimum Gasteiger partial charge on any atom is -0.496 e. The number of hydrogen-bond donors (Lipinski definition) is 1. The summed E-state index contributed by atoms with van der Waals surface area (Å²) < 4.78 is 18.7. The van der Waals surface area contributed by atoms with Gasteiger partial charge in [0.1, 0.15) is 17.6 Å². The molecule has 0 saturated carbocycles. The smallest absolute Gasteiger partial charge is 0.258 e. The fraction of sp³-hybridized carbons (Fsp3) is 0.227. The zero-order chi connectivity index (χ0) is 22.0. The lowest BCUT2D eigenvalue weighted by atomic mass is 10.1. The summed E-state index contributed by atoms with van der Waals surface area (Å²) in [5.41, 5.74) is 1.52. The molecule has 3 aromatic rings. The van der Waals surface area contributed by atoms with E-state index < -0.39 is 6.04 Å². The van der Waals surface area contributed by atoms with E-state index in [1.54, 1.807) is 35.7 Å². The van der Waals surface area contributed by atoms with Crippen molar-refractivity contribution in [3.05, 3.63) is 64.2 Å². The zero-order valence-corrected chi connectivity index (χ0v) is 18.2. The molecule has 2 heterocycles. The van der Waals surface area contributed by atoms with Crippen LogP contribution in [0.5, 0.6) is 5.75 Å². The number of methoxy groups -OCH3 is 1. The van der Waals surface area contributed by atoms with Crippen LogP contribution in [0, 0.1) is 5.82 Å². The van der Waals surface area contributed by atoms with E-state index in [-0.39, 0.29) is 17.6 Å². The van der Waals surface area contributed by atoms with Crippen molar-refractivity contribution in [3.8, 4) is 17.0 Å². The second-order valence-electron chi connectivity index (χ2n) is 7.04. The summed E-state index contributed by atoms with van der Waals surface area (Å²) >= 11 is 7.30. The molecule has 1 saturated heterocycles. The standard InChI is InChI=1S/C22H19ClFN3O3S/c1-30-19-8-7-14(23)11-16(19)21(29)27-9-3-6-18(27)20(28)26-22-25-17(12-31-22)13-4-2-5-15(24)10-13/h2,4-5,7-8,10-12,18H,3,6,9H2,1H3,(H,25,26,28). The molecule has 31 heavy (non-hydrogen) atoms. The maximum absolute atomic E-state index is 13.5. The van der Waals surface area contributed by atoms with Gasteiger partial charge in [0.25, 0.3) is 5.91 Å². The number of likely N-dealkylation sites (tertiary alicyclic amines) is 1. The Morgan fingerprint density at radius 2 is 2.13 bits per heavy atom. The molecule has 6 nitrogen and oxygen atoms in total. The van der Waals surface area contributed by atoms with Crippen LogP contribution in [0.1, 0.15) is 23.2 Å². The maximum Gasteiger partial charge on any atom is 0.258 e. The summed E-state index contributed by atoms with van der Waals surface area (Å²) in [5.74, 6) is -0.573. The van der Waals surface area contributed by atoms with Crippen LogP contribution >= 0.6 is 22.9 Å². The van der Waals surface area contributed by atoms with E-state index in [2.05, 4.69) is 10.3 Å². The first kappa shape index (κ1) is 21.3. The number of carbonyl (C=O) groups excluding carboxylic acids is 2. The monoisotopic (exact) mass is 459 g/mol. The number of amides is 2. The first-order chi connectivity index (χ1) is 15.0. The van der Waals surface area contributed by atoms with Gasteiger partial charge in [-0.25, -0.2) is 9.37 Å². The zero-order valence-electron chi connectivity index (χ0n) is 16.6. The predicted octanol–water partition coefficient (Wildman–Crippen LogP) is 4.85. The summed E-state index contributed by atoms with van der Waals surface area (Å²) in [6, 6.07) is 10.3. The van der Waals surface area contributed by atoms with Crippen LogP contribution in [-0.2, 0) is 4.79 Å². The highest BCUT2D eigenvalue weighted by molar-refractivity contribution is 7.14.